The Bertz CT molecular complexity index is 436. The molecule has 2 rings (SSSR count). The Hall–Kier alpha value is -1.55. The molecule has 2 aromatic heterocycles. The Kier molecular flexibility index (Phi) is 2.37. The standard InChI is InChI=1S/C10H13N3O/c11-9-4-1-5-10-12-8(3-2-6-14)7-13(9)10/h1,4-5,7,14H,2-3,6,11H2. The fourth-order valence-electron chi connectivity index (χ4n) is 1.46. The van der Waals surface area contributed by atoms with Gasteiger partial charge in [-0.1, -0.05) is 6.07 Å². The summed E-state index contributed by atoms with van der Waals surface area (Å²) in [5, 5.41) is 8.70. The number of rotatable bonds is 3. The first-order valence-corrected chi connectivity index (χ1v) is 4.64. The van der Waals surface area contributed by atoms with Crippen LogP contribution in [0.3, 0.4) is 0 Å². The summed E-state index contributed by atoms with van der Waals surface area (Å²) >= 11 is 0. The molecule has 0 unspecified atom stereocenters. The smallest absolute Gasteiger partial charge is 0.138 e. The van der Waals surface area contributed by atoms with Crippen LogP contribution in [0.5, 0.6) is 0 Å². The Labute approximate surface area is 82.0 Å². The molecule has 74 valence electrons. The molecule has 2 aromatic rings. The first kappa shape index (κ1) is 9.02. The van der Waals surface area contributed by atoms with Crippen LogP contribution < -0.4 is 5.73 Å². The molecule has 0 fully saturated rings. The predicted octanol–water partition coefficient (Wildman–Crippen LogP) is 0.841. The van der Waals surface area contributed by atoms with E-state index in [1.54, 1.807) is 0 Å². The van der Waals surface area contributed by atoms with Crippen molar-refractivity contribution >= 4 is 11.5 Å². The normalized spacial score (nSPS) is 10.9. The average molecular weight is 191 g/mol. The van der Waals surface area contributed by atoms with E-state index in [9.17, 15) is 0 Å². The highest BCUT2D eigenvalue weighted by Gasteiger charge is 2.02. The van der Waals surface area contributed by atoms with E-state index in [4.69, 9.17) is 10.8 Å². The number of nitrogens with zero attached hydrogens (tertiary/aromatic N) is 2. The average Bonchev–Trinajstić information content (AvgIpc) is 2.59. The maximum absolute atomic E-state index is 8.70. The summed E-state index contributed by atoms with van der Waals surface area (Å²) < 4.78 is 1.85. The molecule has 0 saturated heterocycles. The summed E-state index contributed by atoms with van der Waals surface area (Å²) in [5.41, 5.74) is 7.60. The molecule has 3 N–H and O–H groups in total. The number of nitrogen functional groups attached to an aromatic ring is 1. The SMILES string of the molecule is Nc1cccc2nc(CCCO)cn12. The van der Waals surface area contributed by atoms with Crippen molar-refractivity contribution in [1.29, 1.82) is 0 Å². The van der Waals surface area contributed by atoms with E-state index >= 15 is 0 Å². The predicted molar refractivity (Wildman–Crippen MR) is 55.0 cm³/mol. The van der Waals surface area contributed by atoms with Gasteiger partial charge in [-0.15, -0.1) is 0 Å². The second-order valence-corrected chi connectivity index (χ2v) is 3.24. The molecule has 0 aliphatic heterocycles. The molecule has 0 bridgehead atoms. The number of aliphatic hydroxyl groups excluding tert-OH is 1. The van der Waals surface area contributed by atoms with Crippen LogP contribution in [0.1, 0.15) is 12.1 Å². The van der Waals surface area contributed by atoms with Gasteiger partial charge in [0, 0.05) is 12.8 Å². The van der Waals surface area contributed by atoms with Gasteiger partial charge < -0.3 is 10.8 Å². The van der Waals surface area contributed by atoms with Gasteiger partial charge in [0.2, 0.25) is 0 Å². The molecule has 0 amide bonds. The number of imidazole rings is 1. The number of hydrogen-bond acceptors (Lipinski definition) is 3. The summed E-state index contributed by atoms with van der Waals surface area (Å²) in [7, 11) is 0. The molecule has 4 heteroatoms. The van der Waals surface area contributed by atoms with E-state index in [1.165, 1.54) is 0 Å². The van der Waals surface area contributed by atoms with Gasteiger partial charge in [-0.05, 0) is 25.0 Å². The number of nitrogens with two attached hydrogens (primary N) is 1. The molecule has 14 heavy (non-hydrogen) atoms. The lowest BCUT2D eigenvalue weighted by Crippen LogP contribution is -1.93. The van der Waals surface area contributed by atoms with Gasteiger partial charge in [0.15, 0.2) is 0 Å². The second-order valence-electron chi connectivity index (χ2n) is 3.24. The van der Waals surface area contributed by atoms with Crippen LogP contribution in [0, 0.1) is 0 Å². The lowest BCUT2D eigenvalue weighted by Gasteiger charge is -1.95. The molecule has 4 nitrogen and oxygen atoms in total. The first-order valence-electron chi connectivity index (χ1n) is 4.64. The highest BCUT2D eigenvalue weighted by Crippen LogP contribution is 2.11. The molecule has 0 radical (unpaired) electrons. The molecule has 0 atom stereocenters. The maximum atomic E-state index is 8.70. The van der Waals surface area contributed by atoms with Crippen molar-refractivity contribution in [2.75, 3.05) is 12.3 Å². The van der Waals surface area contributed by atoms with E-state index in [0.29, 0.717) is 5.82 Å². The molecular weight excluding hydrogens is 178 g/mol. The Morgan fingerprint density at radius 2 is 2.29 bits per heavy atom. The molecule has 2 heterocycles. The minimum Gasteiger partial charge on any atom is -0.396 e. The number of aromatic nitrogens is 2. The van der Waals surface area contributed by atoms with Crippen molar-refractivity contribution in [3.05, 3.63) is 30.1 Å². The summed E-state index contributed by atoms with van der Waals surface area (Å²) in [6.45, 7) is 0.198. The van der Waals surface area contributed by atoms with E-state index in [-0.39, 0.29) is 6.61 Å². The van der Waals surface area contributed by atoms with Gasteiger partial charge >= 0.3 is 0 Å². The van der Waals surface area contributed by atoms with Crippen LogP contribution in [-0.4, -0.2) is 21.1 Å². The summed E-state index contributed by atoms with van der Waals surface area (Å²) in [5.74, 6) is 0.685. The zero-order valence-corrected chi connectivity index (χ0v) is 7.85. The fraction of sp³-hybridized carbons (Fsp3) is 0.300. The Balaban J connectivity index is 2.36. The van der Waals surface area contributed by atoms with E-state index < -0.39 is 0 Å². The fourth-order valence-corrected chi connectivity index (χ4v) is 1.46. The minimum atomic E-state index is 0.198. The van der Waals surface area contributed by atoms with Crippen LogP contribution in [-0.2, 0) is 6.42 Å². The van der Waals surface area contributed by atoms with Crippen molar-refractivity contribution < 1.29 is 5.11 Å². The molecule has 0 aliphatic carbocycles. The van der Waals surface area contributed by atoms with E-state index in [0.717, 1.165) is 24.2 Å². The van der Waals surface area contributed by atoms with E-state index in [1.807, 2.05) is 28.8 Å². The highest BCUT2D eigenvalue weighted by atomic mass is 16.2. The lowest BCUT2D eigenvalue weighted by molar-refractivity contribution is 0.288. The number of hydrogen-bond donors (Lipinski definition) is 2. The molecule has 0 aromatic carbocycles. The summed E-state index contributed by atoms with van der Waals surface area (Å²) in [6, 6.07) is 5.64. The van der Waals surface area contributed by atoms with Crippen molar-refractivity contribution in [2.24, 2.45) is 0 Å². The third-order valence-corrected chi connectivity index (χ3v) is 2.16. The zero-order chi connectivity index (χ0) is 9.97. The van der Waals surface area contributed by atoms with Crippen LogP contribution in [0.2, 0.25) is 0 Å². The second kappa shape index (κ2) is 3.67. The van der Waals surface area contributed by atoms with Crippen LogP contribution in [0.4, 0.5) is 5.82 Å². The number of fused-ring (bicyclic) bond motifs is 1. The van der Waals surface area contributed by atoms with Crippen molar-refractivity contribution in [3.8, 4) is 0 Å². The molecule has 0 spiro atoms. The number of pyridine rings is 1. The highest BCUT2D eigenvalue weighted by molar-refractivity contribution is 5.48. The number of aryl methyl sites for hydroxylation is 1. The molecule has 0 aliphatic rings. The third-order valence-electron chi connectivity index (χ3n) is 2.16. The first-order chi connectivity index (χ1) is 6.81. The van der Waals surface area contributed by atoms with Gasteiger partial charge in [-0.3, -0.25) is 4.40 Å². The monoisotopic (exact) mass is 191 g/mol. The number of aliphatic hydroxyl groups is 1. The quantitative estimate of drug-likeness (QED) is 0.755. The van der Waals surface area contributed by atoms with Crippen molar-refractivity contribution in [1.82, 2.24) is 9.38 Å². The van der Waals surface area contributed by atoms with Gasteiger partial charge in [0.05, 0.1) is 5.69 Å². The van der Waals surface area contributed by atoms with Gasteiger partial charge in [0.1, 0.15) is 11.5 Å². The summed E-state index contributed by atoms with van der Waals surface area (Å²) in [4.78, 5) is 4.38. The van der Waals surface area contributed by atoms with Gasteiger partial charge in [0.25, 0.3) is 0 Å². The van der Waals surface area contributed by atoms with Crippen LogP contribution in [0.25, 0.3) is 5.65 Å². The van der Waals surface area contributed by atoms with E-state index in [2.05, 4.69) is 4.98 Å². The van der Waals surface area contributed by atoms with Crippen molar-refractivity contribution in [3.63, 3.8) is 0 Å². The summed E-state index contributed by atoms with van der Waals surface area (Å²) in [6.07, 6.45) is 3.45. The third kappa shape index (κ3) is 1.56. The Morgan fingerprint density at radius 3 is 3.00 bits per heavy atom. The lowest BCUT2D eigenvalue weighted by atomic mass is 10.3. The molecule has 0 saturated carbocycles. The van der Waals surface area contributed by atoms with Gasteiger partial charge in [-0.2, -0.15) is 0 Å². The topological polar surface area (TPSA) is 63.5 Å². The Morgan fingerprint density at radius 1 is 1.43 bits per heavy atom. The van der Waals surface area contributed by atoms with Crippen LogP contribution >= 0.6 is 0 Å². The van der Waals surface area contributed by atoms with Gasteiger partial charge in [-0.25, -0.2) is 4.98 Å². The zero-order valence-electron chi connectivity index (χ0n) is 7.85. The van der Waals surface area contributed by atoms with Crippen LogP contribution in [0.15, 0.2) is 24.4 Å². The molecular formula is C10H13N3O. The van der Waals surface area contributed by atoms with Crippen molar-refractivity contribution in [2.45, 2.75) is 12.8 Å². The maximum Gasteiger partial charge on any atom is 0.138 e. The largest absolute Gasteiger partial charge is 0.396 e. The number of anilines is 1. The minimum absolute atomic E-state index is 0.198.